The van der Waals surface area contributed by atoms with Gasteiger partial charge in [0.2, 0.25) is 0 Å². The molecule has 0 radical (unpaired) electrons. The molecule has 1 nitrogen and oxygen atoms in total. The van der Waals surface area contributed by atoms with Crippen LogP contribution in [0.15, 0.2) is 212 Å². The van der Waals surface area contributed by atoms with Crippen LogP contribution in [0.1, 0.15) is 47.2 Å². The van der Waals surface area contributed by atoms with Gasteiger partial charge in [-0.25, -0.2) is 0 Å². The zero-order valence-electron chi connectivity index (χ0n) is 32.2. The van der Waals surface area contributed by atoms with Gasteiger partial charge in [-0.15, -0.1) is 0 Å². The summed E-state index contributed by atoms with van der Waals surface area (Å²) in [5.41, 5.74) is 18.4. The first-order chi connectivity index (χ1) is 28.0. The number of hydrogen-bond acceptors (Lipinski definition) is 1. The normalized spacial score (nSPS) is 15.8. The summed E-state index contributed by atoms with van der Waals surface area (Å²) in [7, 11) is 0. The Bertz CT molecular complexity index is 2980. The second-order valence-electron chi connectivity index (χ2n) is 16.1. The van der Waals surface area contributed by atoms with E-state index < -0.39 is 5.41 Å². The van der Waals surface area contributed by atoms with E-state index in [1.807, 2.05) is 0 Å². The molecule has 9 aromatic carbocycles. The van der Waals surface area contributed by atoms with Gasteiger partial charge in [-0.2, -0.15) is 0 Å². The summed E-state index contributed by atoms with van der Waals surface area (Å²) in [6.45, 7) is 4.83. The molecule has 0 saturated heterocycles. The van der Waals surface area contributed by atoms with E-state index in [-0.39, 0.29) is 5.41 Å². The van der Waals surface area contributed by atoms with E-state index in [1.165, 1.54) is 77.5 Å². The van der Waals surface area contributed by atoms with E-state index in [4.69, 9.17) is 0 Å². The molecule has 0 amide bonds. The van der Waals surface area contributed by atoms with Crippen LogP contribution in [0, 0.1) is 0 Å². The fourth-order valence-electron chi connectivity index (χ4n) is 10.1. The SMILES string of the molecule is CC1(C)c2ccccc2C2(c3ccccc3-c3c(-c4ccccc4)cccc32)c2ccc(N(c3ccc(-c4ccccc4)cc3)c3ccc4ccccc4c3)cc21. The van der Waals surface area contributed by atoms with Gasteiger partial charge in [0.15, 0.2) is 0 Å². The lowest BCUT2D eigenvalue weighted by atomic mass is 9.55. The van der Waals surface area contributed by atoms with Gasteiger partial charge in [0.25, 0.3) is 0 Å². The minimum atomic E-state index is -0.484. The molecular formula is C56H41N. The Morgan fingerprint density at radius 1 is 0.316 bits per heavy atom. The molecule has 0 aliphatic heterocycles. The number of fused-ring (bicyclic) bond motifs is 10. The average Bonchev–Trinajstić information content (AvgIpc) is 3.58. The van der Waals surface area contributed by atoms with Crippen LogP contribution in [0.25, 0.3) is 44.2 Å². The van der Waals surface area contributed by atoms with Crippen LogP contribution in [-0.4, -0.2) is 0 Å². The Labute approximate surface area is 335 Å². The van der Waals surface area contributed by atoms with Crippen molar-refractivity contribution in [3.05, 3.63) is 246 Å². The Hall–Kier alpha value is -6.96. The lowest BCUT2D eigenvalue weighted by Gasteiger charge is -2.47. The number of benzene rings is 9. The van der Waals surface area contributed by atoms with E-state index in [2.05, 4.69) is 231 Å². The summed E-state index contributed by atoms with van der Waals surface area (Å²) < 4.78 is 0. The van der Waals surface area contributed by atoms with Gasteiger partial charge in [-0.3, -0.25) is 0 Å². The van der Waals surface area contributed by atoms with Crippen LogP contribution < -0.4 is 4.90 Å². The molecule has 9 aromatic rings. The fraction of sp³-hybridized carbons (Fsp3) is 0.0714. The zero-order valence-corrected chi connectivity index (χ0v) is 32.2. The standard InChI is InChI=1S/C56H41N/c1-55(2)49-25-13-14-26-50(49)56(48-24-12-11-22-47(48)54-46(23-15-27-52(54)56)41-19-7-4-8-20-41)51-35-34-45(37-53(51)55)57(44-33-30-39-18-9-10-21-42(39)36-44)43-31-28-40(29-32-43)38-16-5-3-6-17-38/h3-37H,1-2H3. The van der Waals surface area contributed by atoms with Gasteiger partial charge in [-0.1, -0.05) is 190 Å². The minimum Gasteiger partial charge on any atom is -0.310 e. The Morgan fingerprint density at radius 2 is 0.842 bits per heavy atom. The van der Waals surface area contributed by atoms with E-state index in [0.717, 1.165) is 17.1 Å². The second-order valence-corrected chi connectivity index (χ2v) is 16.1. The molecule has 1 atom stereocenters. The Balaban J connectivity index is 1.17. The van der Waals surface area contributed by atoms with Crippen LogP contribution in [-0.2, 0) is 10.8 Å². The van der Waals surface area contributed by atoms with Crippen LogP contribution in [0.2, 0.25) is 0 Å². The summed E-state index contributed by atoms with van der Waals surface area (Å²) in [6, 6.07) is 78.7. The molecule has 11 rings (SSSR count). The molecule has 0 fully saturated rings. The molecule has 0 aromatic heterocycles. The van der Waals surface area contributed by atoms with Crippen LogP contribution in [0.3, 0.4) is 0 Å². The highest BCUT2D eigenvalue weighted by Gasteiger charge is 2.53. The third-order valence-electron chi connectivity index (χ3n) is 12.7. The predicted molar refractivity (Wildman–Crippen MR) is 239 cm³/mol. The number of rotatable bonds is 5. The zero-order chi connectivity index (χ0) is 38.1. The number of nitrogens with zero attached hydrogens (tertiary/aromatic N) is 1. The van der Waals surface area contributed by atoms with Gasteiger partial charge in [0, 0.05) is 22.5 Å². The van der Waals surface area contributed by atoms with Crippen molar-refractivity contribution in [3.63, 3.8) is 0 Å². The third kappa shape index (κ3) is 4.95. The molecule has 0 bridgehead atoms. The molecule has 2 aliphatic carbocycles. The molecule has 1 unspecified atom stereocenters. The largest absolute Gasteiger partial charge is 0.310 e. The van der Waals surface area contributed by atoms with Crippen molar-refractivity contribution in [3.8, 4) is 33.4 Å². The molecule has 0 saturated carbocycles. The second kappa shape index (κ2) is 12.8. The molecular weight excluding hydrogens is 687 g/mol. The Morgan fingerprint density at radius 3 is 1.61 bits per heavy atom. The van der Waals surface area contributed by atoms with Crippen molar-refractivity contribution >= 4 is 27.8 Å². The fourth-order valence-corrected chi connectivity index (χ4v) is 10.1. The average molecular weight is 728 g/mol. The lowest BCUT2D eigenvalue weighted by molar-refractivity contribution is 0.563. The van der Waals surface area contributed by atoms with Crippen molar-refractivity contribution in [2.24, 2.45) is 0 Å². The third-order valence-corrected chi connectivity index (χ3v) is 12.7. The molecule has 1 heteroatoms. The van der Waals surface area contributed by atoms with Crippen molar-refractivity contribution in [2.45, 2.75) is 24.7 Å². The summed E-state index contributed by atoms with van der Waals surface area (Å²) in [5.74, 6) is 0. The molecule has 2 aliphatic rings. The lowest BCUT2D eigenvalue weighted by Crippen LogP contribution is -2.40. The van der Waals surface area contributed by atoms with E-state index in [1.54, 1.807) is 0 Å². The minimum absolute atomic E-state index is 0.270. The molecule has 1 spiro atoms. The summed E-state index contributed by atoms with van der Waals surface area (Å²) >= 11 is 0. The quantitative estimate of drug-likeness (QED) is 0.171. The van der Waals surface area contributed by atoms with Crippen molar-refractivity contribution in [1.82, 2.24) is 0 Å². The maximum atomic E-state index is 2.50. The molecule has 0 heterocycles. The summed E-state index contributed by atoms with van der Waals surface area (Å²) in [4.78, 5) is 2.44. The monoisotopic (exact) mass is 727 g/mol. The highest BCUT2D eigenvalue weighted by atomic mass is 15.1. The van der Waals surface area contributed by atoms with Crippen molar-refractivity contribution < 1.29 is 0 Å². The van der Waals surface area contributed by atoms with Gasteiger partial charge < -0.3 is 4.90 Å². The summed E-state index contributed by atoms with van der Waals surface area (Å²) in [6.07, 6.45) is 0. The van der Waals surface area contributed by atoms with E-state index >= 15 is 0 Å². The van der Waals surface area contributed by atoms with Gasteiger partial charge in [0.05, 0.1) is 5.41 Å². The van der Waals surface area contributed by atoms with Crippen LogP contribution in [0.4, 0.5) is 17.1 Å². The van der Waals surface area contributed by atoms with Crippen molar-refractivity contribution in [1.29, 1.82) is 0 Å². The first kappa shape index (κ1) is 33.4. The molecule has 0 N–H and O–H groups in total. The maximum absolute atomic E-state index is 2.50. The molecule has 57 heavy (non-hydrogen) atoms. The first-order valence-electron chi connectivity index (χ1n) is 20.0. The van der Waals surface area contributed by atoms with Gasteiger partial charge in [0.1, 0.15) is 0 Å². The highest BCUT2D eigenvalue weighted by molar-refractivity contribution is 5.97. The predicted octanol–water partition coefficient (Wildman–Crippen LogP) is 14.6. The first-order valence-corrected chi connectivity index (χ1v) is 20.0. The van der Waals surface area contributed by atoms with Crippen LogP contribution in [0.5, 0.6) is 0 Å². The topological polar surface area (TPSA) is 3.24 Å². The highest BCUT2D eigenvalue weighted by Crippen LogP contribution is 2.63. The van der Waals surface area contributed by atoms with Gasteiger partial charge >= 0.3 is 0 Å². The van der Waals surface area contributed by atoms with E-state index in [9.17, 15) is 0 Å². The van der Waals surface area contributed by atoms with Crippen LogP contribution >= 0.6 is 0 Å². The van der Waals surface area contributed by atoms with E-state index in [0.29, 0.717) is 0 Å². The number of hydrogen-bond donors (Lipinski definition) is 0. The molecule has 270 valence electrons. The maximum Gasteiger partial charge on any atom is 0.0719 e. The smallest absolute Gasteiger partial charge is 0.0719 e. The van der Waals surface area contributed by atoms with Gasteiger partial charge in [-0.05, 0) is 114 Å². The van der Waals surface area contributed by atoms with Crippen molar-refractivity contribution in [2.75, 3.05) is 4.90 Å². The summed E-state index contributed by atoms with van der Waals surface area (Å²) in [5, 5.41) is 2.46. The number of anilines is 3. The Kier molecular flexibility index (Phi) is 7.50.